The highest BCUT2D eigenvalue weighted by atomic mass is 35.5. The summed E-state index contributed by atoms with van der Waals surface area (Å²) in [5.74, 6) is 1.25. The van der Waals surface area contributed by atoms with Gasteiger partial charge in [-0.25, -0.2) is 19.3 Å². The number of benzene rings is 3. The standard InChI is InChI=1S/C17H21ClN4O.C14H9FN2O/c1-12(2)21-9-15-16(18)19-10-20-17(15)22(11-21)8-13-4-6-14(23-3)7-5-13;15-11-7-4-8-12-13(11)14(18)17(9-16-12)10-5-2-1-3-6-10/h4-7,10,12H,8-9,11H2,1-3H3;1-9H. The highest BCUT2D eigenvalue weighted by Gasteiger charge is 2.27. The fourth-order valence-electron chi connectivity index (χ4n) is 4.65. The van der Waals surface area contributed by atoms with Gasteiger partial charge >= 0.3 is 0 Å². The van der Waals surface area contributed by atoms with Crippen LogP contribution in [-0.2, 0) is 13.1 Å². The molecule has 0 unspecified atom stereocenters. The quantitative estimate of drug-likeness (QED) is 0.244. The second-order valence-corrected chi connectivity index (χ2v) is 10.2. The lowest BCUT2D eigenvalue weighted by atomic mass is 10.1. The molecule has 0 fully saturated rings. The molecule has 0 spiro atoms. The number of aromatic nitrogens is 4. The van der Waals surface area contributed by atoms with Crippen LogP contribution >= 0.6 is 11.6 Å². The Kier molecular flexibility index (Phi) is 8.56. The van der Waals surface area contributed by atoms with E-state index in [-0.39, 0.29) is 5.39 Å². The molecule has 210 valence electrons. The normalized spacial score (nSPS) is 13.1. The predicted octanol–water partition coefficient (Wildman–Crippen LogP) is 5.85. The van der Waals surface area contributed by atoms with Gasteiger partial charge in [0.15, 0.2) is 0 Å². The summed E-state index contributed by atoms with van der Waals surface area (Å²) in [5.41, 5.74) is 2.84. The van der Waals surface area contributed by atoms with Gasteiger partial charge in [0, 0.05) is 24.7 Å². The van der Waals surface area contributed by atoms with E-state index in [0.717, 1.165) is 36.9 Å². The first kappa shape index (κ1) is 28.2. The zero-order valence-corrected chi connectivity index (χ0v) is 23.8. The average Bonchev–Trinajstić information content (AvgIpc) is 2.99. The Morgan fingerprint density at radius 1 is 0.976 bits per heavy atom. The number of fused-ring (bicyclic) bond motifs is 2. The number of anilines is 1. The summed E-state index contributed by atoms with van der Waals surface area (Å²) in [5, 5.41) is 0.559. The highest BCUT2D eigenvalue weighted by Crippen LogP contribution is 2.31. The molecule has 10 heteroatoms. The van der Waals surface area contributed by atoms with Gasteiger partial charge in [-0.05, 0) is 55.8 Å². The molecule has 0 saturated carbocycles. The van der Waals surface area contributed by atoms with Crippen LogP contribution in [0.15, 0.2) is 90.2 Å². The highest BCUT2D eigenvalue weighted by molar-refractivity contribution is 6.30. The van der Waals surface area contributed by atoms with Gasteiger partial charge in [0.05, 0.1) is 25.0 Å². The Labute approximate surface area is 242 Å². The summed E-state index contributed by atoms with van der Waals surface area (Å²) >= 11 is 6.30. The second-order valence-electron chi connectivity index (χ2n) is 9.88. The largest absolute Gasteiger partial charge is 0.497 e. The van der Waals surface area contributed by atoms with Crippen molar-refractivity contribution in [2.75, 3.05) is 18.7 Å². The molecule has 0 atom stereocenters. The lowest BCUT2D eigenvalue weighted by Gasteiger charge is -2.39. The predicted molar refractivity (Wildman–Crippen MR) is 159 cm³/mol. The molecule has 1 aliphatic heterocycles. The van der Waals surface area contributed by atoms with Gasteiger partial charge in [-0.3, -0.25) is 14.3 Å². The second kappa shape index (κ2) is 12.4. The van der Waals surface area contributed by atoms with Gasteiger partial charge in [-0.15, -0.1) is 0 Å². The average molecular weight is 573 g/mol. The Morgan fingerprint density at radius 2 is 1.73 bits per heavy atom. The molecule has 0 aliphatic carbocycles. The summed E-state index contributed by atoms with van der Waals surface area (Å²) in [4.78, 5) is 29.5. The lowest BCUT2D eigenvalue weighted by molar-refractivity contribution is 0.199. The van der Waals surface area contributed by atoms with Crippen LogP contribution < -0.4 is 15.2 Å². The van der Waals surface area contributed by atoms with Crippen molar-refractivity contribution >= 4 is 28.3 Å². The maximum Gasteiger partial charge on any atom is 0.268 e. The van der Waals surface area contributed by atoms with Crippen molar-refractivity contribution in [2.45, 2.75) is 33.0 Å². The fourth-order valence-corrected chi connectivity index (χ4v) is 4.84. The van der Waals surface area contributed by atoms with Crippen molar-refractivity contribution < 1.29 is 9.13 Å². The number of methoxy groups -OCH3 is 1. The van der Waals surface area contributed by atoms with Crippen molar-refractivity contribution in [1.82, 2.24) is 24.4 Å². The topological polar surface area (TPSA) is 76.4 Å². The van der Waals surface area contributed by atoms with E-state index in [1.54, 1.807) is 25.3 Å². The molecule has 0 saturated heterocycles. The van der Waals surface area contributed by atoms with Crippen molar-refractivity contribution in [3.8, 4) is 11.4 Å². The van der Waals surface area contributed by atoms with Crippen LogP contribution in [0, 0.1) is 5.82 Å². The summed E-state index contributed by atoms with van der Waals surface area (Å²) in [6.07, 6.45) is 2.95. The van der Waals surface area contributed by atoms with Crippen molar-refractivity contribution in [3.63, 3.8) is 0 Å². The summed E-state index contributed by atoms with van der Waals surface area (Å²) < 4.78 is 20.2. The molecule has 3 aromatic carbocycles. The first-order chi connectivity index (χ1) is 19.9. The summed E-state index contributed by atoms with van der Waals surface area (Å²) in [6.45, 7) is 6.76. The Morgan fingerprint density at radius 3 is 2.44 bits per heavy atom. The van der Waals surface area contributed by atoms with Crippen molar-refractivity contribution in [2.24, 2.45) is 0 Å². The minimum atomic E-state index is -0.546. The molecule has 0 N–H and O–H groups in total. The third-order valence-corrected chi connectivity index (χ3v) is 7.24. The van der Waals surface area contributed by atoms with E-state index < -0.39 is 11.4 Å². The van der Waals surface area contributed by atoms with Crippen LogP contribution in [0.2, 0.25) is 5.15 Å². The molecule has 0 amide bonds. The number of nitrogens with zero attached hydrogens (tertiary/aromatic N) is 6. The van der Waals surface area contributed by atoms with Crippen LogP contribution in [0.25, 0.3) is 16.6 Å². The third-order valence-electron chi connectivity index (χ3n) is 6.92. The number of para-hydroxylation sites is 1. The number of hydrogen-bond acceptors (Lipinski definition) is 7. The molecule has 2 aromatic heterocycles. The molecular weight excluding hydrogens is 543 g/mol. The van der Waals surface area contributed by atoms with Crippen molar-refractivity contribution in [1.29, 1.82) is 0 Å². The number of halogens is 2. The van der Waals surface area contributed by atoms with Crippen LogP contribution in [0.4, 0.5) is 10.2 Å². The van der Waals surface area contributed by atoms with Gasteiger partial charge < -0.3 is 9.64 Å². The maximum absolute atomic E-state index is 13.7. The van der Waals surface area contributed by atoms with Gasteiger partial charge in [0.25, 0.3) is 5.56 Å². The first-order valence-electron chi connectivity index (χ1n) is 13.2. The van der Waals surface area contributed by atoms with Crippen LogP contribution in [0.3, 0.4) is 0 Å². The monoisotopic (exact) mass is 572 g/mol. The Balaban J connectivity index is 0.000000169. The van der Waals surface area contributed by atoms with Gasteiger partial charge in [-0.1, -0.05) is 48.0 Å². The zero-order valence-electron chi connectivity index (χ0n) is 23.0. The van der Waals surface area contributed by atoms with E-state index in [1.165, 1.54) is 34.9 Å². The van der Waals surface area contributed by atoms with Crippen LogP contribution in [0.5, 0.6) is 5.75 Å². The number of ether oxygens (including phenoxy) is 1. The van der Waals surface area contributed by atoms with Gasteiger partial charge in [0.2, 0.25) is 0 Å². The van der Waals surface area contributed by atoms with E-state index >= 15 is 0 Å². The van der Waals surface area contributed by atoms with E-state index in [0.29, 0.717) is 22.4 Å². The summed E-state index contributed by atoms with van der Waals surface area (Å²) in [6, 6.07) is 22.0. The van der Waals surface area contributed by atoms with E-state index in [4.69, 9.17) is 16.3 Å². The van der Waals surface area contributed by atoms with Crippen LogP contribution in [0.1, 0.15) is 25.0 Å². The van der Waals surface area contributed by atoms with Gasteiger partial charge in [0.1, 0.15) is 40.6 Å². The molecule has 0 bridgehead atoms. The molecule has 1 aliphatic rings. The Hall–Kier alpha value is -4.34. The maximum atomic E-state index is 13.7. The number of rotatable bonds is 5. The van der Waals surface area contributed by atoms with E-state index in [9.17, 15) is 9.18 Å². The molecule has 8 nitrogen and oxygen atoms in total. The van der Waals surface area contributed by atoms with Gasteiger partial charge in [-0.2, -0.15) is 0 Å². The molecule has 3 heterocycles. The molecule has 41 heavy (non-hydrogen) atoms. The minimum Gasteiger partial charge on any atom is -0.497 e. The van der Waals surface area contributed by atoms with Crippen LogP contribution in [-0.4, -0.2) is 44.2 Å². The molecule has 6 rings (SSSR count). The molecular formula is C31H30ClFN6O2. The minimum absolute atomic E-state index is 0.0175. The third kappa shape index (κ3) is 6.21. The molecule has 0 radical (unpaired) electrons. The molecule has 5 aromatic rings. The van der Waals surface area contributed by atoms with Crippen molar-refractivity contribution in [3.05, 3.63) is 118 Å². The van der Waals surface area contributed by atoms with E-state index in [2.05, 4.69) is 50.7 Å². The smallest absolute Gasteiger partial charge is 0.268 e. The SMILES string of the molecule is COc1ccc(CN2CN(C(C)C)Cc3c(Cl)ncnc32)cc1.O=c1c2c(F)cccc2ncn1-c1ccccc1. The van der Waals surface area contributed by atoms with E-state index in [1.807, 2.05) is 30.3 Å². The number of hydrogen-bond donors (Lipinski definition) is 0. The zero-order chi connectivity index (χ0) is 28.9. The fraction of sp³-hybridized carbons (Fsp3) is 0.226. The lowest BCUT2D eigenvalue weighted by Crippen LogP contribution is -2.45. The first-order valence-corrected chi connectivity index (χ1v) is 13.6. The summed E-state index contributed by atoms with van der Waals surface area (Å²) in [7, 11) is 1.68. The Bertz CT molecular complexity index is 1700.